The standard InChI is InChI=1S/C17H13Cl3O3/c1-17(22)5-4-9-6-10(2-3-12(9)17)16(21)23-15-13(19)7-11(18)8-14(15)20/h2-3,6-8,22H,4-5H2,1H3. The van der Waals surface area contributed by atoms with Crippen LogP contribution in [0.1, 0.15) is 34.8 Å². The summed E-state index contributed by atoms with van der Waals surface area (Å²) in [5.74, 6) is -0.485. The molecule has 0 fully saturated rings. The zero-order chi connectivity index (χ0) is 16.8. The average molecular weight is 372 g/mol. The molecule has 6 heteroatoms. The van der Waals surface area contributed by atoms with Crippen molar-refractivity contribution in [3.63, 3.8) is 0 Å². The maximum atomic E-state index is 12.3. The Morgan fingerprint density at radius 1 is 1.17 bits per heavy atom. The molecule has 0 bridgehead atoms. The van der Waals surface area contributed by atoms with Crippen LogP contribution in [0.25, 0.3) is 0 Å². The molecule has 1 aliphatic rings. The Hall–Kier alpha value is -1.26. The minimum atomic E-state index is -0.847. The molecule has 23 heavy (non-hydrogen) atoms. The number of hydrogen-bond donors (Lipinski definition) is 1. The fourth-order valence-corrected chi connectivity index (χ4v) is 3.64. The lowest BCUT2D eigenvalue weighted by Crippen LogP contribution is -2.16. The number of carbonyl (C=O) groups excluding carboxylic acids is 1. The largest absolute Gasteiger partial charge is 0.420 e. The van der Waals surface area contributed by atoms with Crippen molar-refractivity contribution in [3.8, 4) is 5.75 Å². The van der Waals surface area contributed by atoms with E-state index in [1.54, 1.807) is 25.1 Å². The average Bonchev–Trinajstić information content (AvgIpc) is 2.78. The molecule has 3 rings (SSSR count). The summed E-state index contributed by atoms with van der Waals surface area (Å²) >= 11 is 17.9. The molecule has 1 aliphatic carbocycles. The summed E-state index contributed by atoms with van der Waals surface area (Å²) in [7, 11) is 0. The Balaban J connectivity index is 1.88. The maximum absolute atomic E-state index is 12.3. The van der Waals surface area contributed by atoms with E-state index in [0.717, 1.165) is 11.1 Å². The predicted octanol–water partition coefficient (Wildman–Crippen LogP) is 5.02. The Morgan fingerprint density at radius 3 is 2.48 bits per heavy atom. The van der Waals surface area contributed by atoms with Crippen LogP contribution >= 0.6 is 34.8 Å². The van der Waals surface area contributed by atoms with Crippen molar-refractivity contribution in [1.29, 1.82) is 0 Å². The van der Waals surface area contributed by atoms with Crippen LogP contribution in [0, 0.1) is 0 Å². The van der Waals surface area contributed by atoms with Gasteiger partial charge in [0.1, 0.15) is 0 Å². The van der Waals surface area contributed by atoms with E-state index in [1.165, 1.54) is 12.1 Å². The molecule has 0 saturated carbocycles. The zero-order valence-corrected chi connectivity index (χ0v) is 14.5. The Morgan fingerprint density at radius 2 is 1.83 bits per heavy atom. The first-order valence-electron chi connectivity index (χ1n) is 7.00. The minimum absolute atomic E-state index is 0.0789. The third-order valence-corrected chi connectivity index (χ3v) is 4.74. The summed E-state index contributed by atoms with van der Waals surface area (Å²) in [6.07, 6.45) is 1.35. The molecule has 0 aliphatic heterocycles. The smallest absolute Gasteiger partial charge is 0.343 e. The van der Waals surface area contributed by atoms with Gasteiger partial charge in [-0.25, -0.2) is 4.79 Å². The first-order valence-corrected chi connectivity index (χ1v) is 8.14. The van der Waals surface area contributed by atoms with Gasteiger partial charge in [-0.05, 0) is 55.2 Å². The first kappa shape index (κ1) is 16.6. The lowest BCUT2D eigenvalue weighted by Gasteiger charge is -2.17. The summed E-state index contributed by atoms with van der Waals surface area (Å²) in [4.78, 5) is 12.3. The monoisotopic (exact) mass is 370 g/mol. The van der Waals surface area contributed by atoms with Crippen LogP contribution in [-0.2, 0) is 12.0 Å². The fourth-order valence-electron chi connectivity index (χ4n) is 2.74. The molecule has 3 nitrogen and oxygen atoms in total. The Bertz CT molecular complexity index is 777. The molecule has 0 heterocycles. The molecule has 2 aromatic carbocycles. The van der Waals surface area contributed by atoms with Crippen LogP contribution in [0.15, 0.2) is 30.3 Å². The minimum Gasteiger partial charge on any atom is -0.420 e. The third-order valence-electron chi connectivity index (χ3n) is 3.96. The number of rotatable bonds is 2. The molecule has 120 valence electrons. The molecular weight excluding hydrogens is 359 g/mol. The van der Waals surface area contributed by atoms with Gasteiger partial charge < -0.3 is 9.84 Å². The molecule has 1 unspecified atom stereocenters. The van der Waals surface area contributed by atoms with Crippen molar-refractivity contribution in [1.82, 2.24) is 0 Å². The number of aryl methyl sites for hydroxylation is 1. The van der Waals surface area contributed by atoms with Crippen molar-refractivity contribution in [3.05, 3.63) is 62.1 Å². The highest BCUT2D eigenvalue weighted by Gasteiger charge is 2.32. The van der Waals surface area contributed by atoms with Gasteiger partial charge in [-0.3, -0.25) is 0 Å². The van der Waals surface area contributed by atoms with Crippen LogP contribution in [0.4, 0.5) is 0 Å². The molecule has 2 aromatic rings. The fraction of sp³-hybridized carbons (Fsp3) is 0.235. The molecule has 1 N–H and O–H groups in total. The highest BCUT2D eigenvalue weighted by atomic mass is 35.5. The van der Waals surface area contributed by atoms with Gasteiger partial charge in [0.05, 0.1) is 21.2 Å². The van der Waals surface area contributed by atoms with Crippen LogP contribution < -0.4 is 4.74 Å². The van der Waals surface area contributed by atoms with Gasteiger partial charge in [0.15, 0.2) is 5.75 Å². The highest BCUT2D eigenvalue weighted by Crippen LogP contribution is 2.38. The number of ether oxygens (including phenoxy) is 1. The lowest BCUT2D eigenvalue weighted by atomic mass is 9.97. The number of halogens is 3. The second-order valence-electron chi connectivity index (χ2n) is 5.73. The highest BCUT2D eigenvalue weighted by molar-refractivity contribution is 6.40. The molecular formula is C17H13Cl3O3. The second kappa shape index (κ2) is 5.99. The number of esters is 1. The predicted molar refractivity (Wildman–Crippen MR) is 90.8 cm³/mol. The van der Waals surface area contributed by atoms with E-state index in [0.29, 0.717) is 23.4 Å². The molecule has 0 aromatic heterocycles. The second-order valence-corrected chi connectivity index (χ2v) is 6.98. The van der Waals surface area contributed by atoms with Gasteiger partial charge in [-0.2, -0.15) is 0 Å². The van der Waals surface area contributed by atoms with Crippen LogP contribution in [-0.4, -0.2) is 11.1 Å². The number of aliphatic hydroxyl groups is 1. The molecule has 0 spiro atoms. The summed E-state index contributed by atoms with van der Waals surface area (Å²) < 4.78 is 5.30. The summed E-state index contributed by atoms with van der Waals surface area (Å²) in [5, 5.41) is 10.9. The van der Waals surface area contributed by atoms with Gasteiger partial charge in [0, 0.05) is 5.02 Å². The molecule has 1 atom stereocenters. The first-order chi connectivity index (χ1) is 10.8. The third kappa shape index (κ3) is 3.20. The van der Waals surface area contributed by atoms with Crippen molar-refractivity contribution < 1.29 is 14.6 Å². The summed E-state index contributed by atoms with van der Waals surface area (Å²) in [6, 6.07) is 8.02. The number of hydrogen-bond acceptors (Lipinski definition) is 3. The van der Waals surface area contributed by atoms with E-state index in [2.05, 4.69) is 0 Å². The van der Waals surface area contributed by atoms with Gasteiger partial charge in [-0.15, -0.1) is 0 Å². The van der Waals surface area contributed by atoms with E-state index in [-0.39, 0.29) is 15.8 Å². The number of fused-ring (bicyclic) bond motifs is 1. The van der Waals surface area contributed by atoms with Crippen molar-refractivity contribution in [2.45, 2.75) is 25.4 Å². The molecule has 0 amide bonds. The zero-order valence-electron chi connectivity index (χ0n) is 12.2. The van der Waals surface area contributed by atoms with Crippen molar-refractivity contribution >= 4 is 40.8 Å². The quantitative estimate of drug-likeness (QED) is 0.595. The summed E-state index contributed by atoms with van der Waals surface area (Å²) in [6.45, 7) is 1.77. The Labute approximate surface area is 148 Å². The van der Waals surface area contributed by atoms with Gasteiger partial charge in [0.2, 0.25) is 0 Å². The molecule has 0 radical (unpaired) electrons. The number of benzene rings is 2. The summed E-state index contributed by atoms with van der Waals surface area (Å²) in [5.41, 5.74) is 1.32. The van der Waals surface area contributed by atoms with Crippen LogP contribution in [0.3, 0.4) is 0 Å². The van der Waals surface area contributed by atoms with Crippen LogP contribution in [0.5, 0.6) is 5.75 Å². The van der Waals surface area contributed by atoms with Crippen LogP contribution in [0.2, 0.25) is 15.1 Å². The van der Waals surface area contributed by atoms with E-state index < -0.39 is 11.6 Å². The van der Waals surface area contributed by atoms with E-state index in [9.17, 15) is 9.90 Å². The number of carbonyl (C=O) groups is 1. The maximum Gasteiger partial charge on any atom is 0.343 e. The normalized spacial score (nSPS) is 19.5. The van der Waals surface area contributed by atoms with Crippen molar-refractivity contribution in [2.24, 2.45) is 0 Å². The lowest BCUT2D eigenvalue weighted by molar-refractivity contribution is 0.0593. The molecule has 0 saturated heterocycles. The van der Waals surface area contributed by atoms with Gasteiger partial charge in [0.25, 0.3) is 0 Å². The topological polar surface area (TPSA) is 46.5 Å². The SMILES string of the molecule is CC1(O)CCc2cc(C(=O)Oc3c(Cl)cc(Cl)cc3Cl)ccc21. The van der Waals surface area contributed by atoms with E-state index in [4.69, 9.17) is 39.5 Å². The van der Waals surface area contributed by atoms with E-state index in [1.807, 2.05) is 0 Å². The van der Waals surface area contributed by atoms with Gasteiger partial charge >= 0.3 is 5.97 Å². The Kier molecular flexibility index (Phi) is 4.32. The van der Waals surface area contributed by atoms with Gasteiger partial charge in [-0.1, -0.05) is 40.9 Å². The van der Waals surface area contributed by atoms with Crippen molar-refractivity contribution in [2.75, 3.05) is 0 Å². The van der Waals surface area contributed by atoms with E-state index >= 15 is 0 Å².